The van der Waals surface area contributed by atoms with E-state index < -0.39 is 15.8 Å². The van der Waals surface area contributed by atoms with Gasteiger partial charge in [-0.25, -0.2) is 13.2 Å². The minimum absolute atomic E-state index is 0.121. The summed E-state index contributed by atoms with van der Waals surface area (Å²) >= 11 is 1.71. The monoisotopic (exact) mass is 444 g/mol. The van der Waals surface area contributed by atoms with Crippen molar-refractivity contribution >= 4 is 39.7 Å². The highest BCUT2D eigenvalue weighted by atomic mass is 32.2. The van der Waals surface area contributed by atoms with Crippen LogP contribution in [0.4, 0.5) is 0 Å². The Morgan fingerprint density at radius 2 is 1.50 bits per heavy atom. The van der Waals surface area contributed by atoms with E-state index in [-0.39, 0.29) is 5.75 Å². The molecule has 30 heavy (non-hydrogen) atoms. The van der Waals surface area contributed by atoms with Crippen molar-refractivity contribution < 1.29 is 17.9 Å². The molecule has 0 saturated carbocycles. The first kappa shape index (κ1) is 24.0. The minimum atomic E-state index is -3.29. The number of carbonyl (C=O) groups excluding carboxylic acids is 1. The Bertz CT molecular complexity index is 944. The first-order chi connectivity index (χ1) is 14.4. The molecule has 0 aromatic heterocycles. The summed E-state index contributed by atoms with van der Waals surface area (Å²) < 4.78 is 29.9. The van der Waals surface area contributed by atoms with Gasteiger partial charge in [0.15, 0.2) is 9.84 Å². The lowest BCUT2D eigenvalue weighted by Crippen LogP contribution is -2.07. The largest absolute Gasteiger partial charge is 0.463 e. The normalized spacial score (nSPS) is 11.5. The average Bonchev–Trinajstić information content (AvgIpc) is 2.77. The summed E-state index contributed by atoms with van der Waals surface area (Å²) in [5.41, 5.74) is 2.06. The van der Waals surface area contributed by atoms with Crippen LogP contribution in [0.25, 0.3) is 12.2 Å². The maximum atomic E-state index is 12.5. The van der Waals surface area contributed by atoms with Crippen LogP contribution < -0.4 is 0 Å². The minimum Gasteiger partial charge on any atom is -0.463 e. The smallest absolute Gasteiger partial charge is 0.330 e. The Labute approximate surface area is 184 Å². The highest BCUT2D eigenvalue weighted by molar-refractivity contribution is 7.98. The van der Waals surface area contributed by atoms with Crippen molar-refractivity contribution in [3.8, 4) is 0 Å². The second-order valence-corrected chi connectivity index (χ2v) is 9.77. The zero-order valence-electron chi connectivity index (χ0n) is 17.3. The lowest BCUT2D eigenvalue weighted by molar-refractivity contribution is -0.137. The van der Waals surface area contributed by atoms with Crippen molar-refractivity contribution in [3.63, 3.8) is 0 Å². The molecule has 0 amide bonds. The fourth-order valence-corrected chi connectivity index (χ4v) is 4.57. The molecule has 6 heteroatoms. The van der Waals surface area contributed by atoms with Gasteiger partial charge >= 0.3 is 5.97 Å². The van der Waals surface area contributed by atoms with Crippen LogP contribution in [0.5, 0.6) is 0 Å². The maximum absolute atomic E-state index is 12.5. The van der Waals surface area contributed by atoms with Gasteiger partial charge in [0, 0.05) is 11.0 Å². The van der Waals surface area contributed by atoms with E-state index in [0.29, 0.717) is 17.9 Å². The van der Waals surface area contributed by atoms with Crippen LogP contribution in [0.2, 0.25) is 0 Å². The van der Waals surface area contributed by atoms with Crippen molar-refractivity contribution in [2.45, 2.75) is 35.5 Å². The SMILES string of the molecule is C=CC(=O)OCCCCCCS(=O)(=O)c1ccc(C=Cc2ccc(SC)cc2)cc1. The van der Waals surface area contributed by atoms with Gasteiger partial charge in [0.05, 0.1) is 17.3 Å². The standard InChI is InChI=1S/C24H28O4S2/c1-3-24(25)28-18-6-4-5-7-19-30(26,27)23-16-12-21(13-17-23)9-8-20-10-14-22(29-2)15-11-20/h3,8-17H,1,4-7,18-19H2,2H3. The van der Waals surface area contributed by atoms with E-state index in [2.05, 4.69) is 30.8 Å². The van der Waals surface area contributed by atoms with E-state index in [1.807, 2.05) is 30.5 Å². The lowest BCUT2D eigenvalue weighted by atomic mass is 10.1. The Balaban J connectivity index is 1.80. The quantitative estimate of drug-likeness (QED) is 0.139. The average molecular weight is 445 g/mol. The first-order valence-electron chi connectivity index (χ1n) is 9.89. The third kappa shape index (κ3) is 8.20. The maximum Gasteiger partial charge on any atom is 0.330 e. The summed E-state index contributed by atoms with van der Waals surface area (Å²) in [6, 6.07) is 15.3. The third-order valence-electron chi connectivity index (χ3n) is 4.54. The Kier molecular flexibility index (Phi) is 9.91. The summed E-state index contributed by atoms with van der Waals surface area (Å²) in [4.78, 5) is 12.5. The topological polar surface area (TPSA) is 60.4 Å². The fourth-order valence-electron chi connectivity index (χ4n) is 2.79. The molecule has 0 aliphatic carbocycles. The van der Waals surface area contributed by atoms with Crippen LogP contribution >= 0.6 is 11.8 Å². The molecule has 0 spiro atoms. The molecule has 0 unspecified atom stereocenters. The summed E-state index contributed by atoms with van der Waals surface area (Å²) in [7, 11) is -3.29. The van der Waals surface area contributed by atoms with Gasteiger partial charge in [0.1, 0.15) is 0 Å². The summed E-state index contributed by atoms with van der Waals surface area (Å²) in [5, 5.41) is 0. The summed E-state index contributed by atoms with van der Waals surface area (Å²) in [6.07, 6.45) is 10.1. The van der Waals surface area contributed by atoms with Crippen molar-refractivity contribution in [2.24, 2.45) is 0 Å². The number of unbranched alkanes of at least 4 members (excludes halogenated alkanes) is 3. The summed E-state index contributed by atoms with van der Waals surface area (Å²) in [5.74, 6) is -0.305. The van der Waals surface area contributed by atoms with Crippen molar-refractivity contribution in [2.75, 3.05) is 18.6 Å². The van der Waals surface area contributed by atoms with E-state index in [9.17, 15) is 13.2 Å². The zero-order chi connectivity index (χ0) is 21.8. The predicted octanol–water partition coefficient (Wildman–Crippen LogP) is 5.64. The van der Waals surface area contributed by atoms with Crippen LogP contribution in [0.15, 0.2) is 71.0 Å². The number of thioether (sulfide) groups is 1. The van der Waals surface area contributed by atoms with Crippen molar-refractivity contribution in [1.29, 1.82) is 0 Å². The number of hydrogen-bond acceptors (Lipinski definition) is 5. The molecule has 2 rings (SSSR count). The Hall–Kier alpha value is -2.31. The number of benzene rings is 2. The molecular weight excluding hydrogens is 416 g/mol. The molecule has 0 atom stereocenters. The first-order valence-corrected chi connectivity index (χ1v) is 12.8. The van der Waals surface area contributed by atoms with Gasteiger partial charge in [-0.2, -0.15) is 0 Å². The molecule has 0 fully saturated rings. The fraction of sp³-hybridized carbons (Fsp3) is 0.292. The van der Waals surface area contributed by atoms with Gasteiger partial charge < -0.3 is 4.74 Å². The predicted molar refractivity (Wildman–Crippen MR) is 125 cm³/mol. The number of esters is 1. The number of rotatable bonds is 12. The van der Waals surface area contributed by atoms with Crippen molar-refractivity contribution in [3.05, 3.63) is 72.3 Å². The molecule has 160 valence electrons. The van der Waals surface area contributed by atoms with Gasteiger partial charge in [0.2, 0.25) is 0 Å². The van der Waals surface area contributed by atoms with Crippen LogP contribution in [0.1, 0.15) is 36.8 Å². The number of carbonyl (C=O) groups is 1. The lowest BCUT2D eigenvalue weighted by Gasteiger charge is -2.06. The second kappa shape index (κ2) is 12.4. The Morgan fingerprint density at radius 1 is 0.933 bits per heavy atom. The number of hydrogen-bond donors (Lipinski definition) is 0. The van der Waals surface area contributed by atoms with Crippen LogP contribution in [-0.2, 0) is 19.4 Å². The van der Waals surface area contributed by atoms with E-state index in [1.165, 1.54) is 4.90 Å². The van der Waals surface area contributed by atoms with Crippen molar-refractivity contribution in [1.82, 2.24) is 0 Å². The van der Waals surface area contributed by atoms with Gasteiger partial charge in [-0.15, -0.1) is 11.8 Å². The van der Waals surface area contributed by atoms with E-state index in [1.54, 1.807) is 23.9 Å². The van der Waals surface area contributed by atoms with E-state index in [0.717, 1.165) is 36.5 Å². The molecule has 4 nitrogen and oxygen atoms in total. The van der Waals surface area contributed by atoms with Crippen LogP contribution in [-0.4, -0.2) is 33.0 Å². The summed E-state index contributed by atoms with van der Waals surface area (Å²) in [6.45, 7) is 3.68. The molecule has 2 aromatic rings. The van der Waals surface area contributed by atoms with Gasteiger partial charge in [-0.3, -0.25) is 0 Å². The number of ether oxygens (including phenoxy) is 1. The van der Waals surface area contributed by atoms with Gasteiger partial charge in [-0.1, -0.05) is 55.8 Å². The molecule has 0 aliphatic rings. The molecule has 0 saturated heterocycles. The molecule has 0 radical (unpaired) electrons. The van der Waals surface area contributed by atoms with Crippen LogP contribution in [0.3, 0.4) is 0 Å². The second-order valence-electron chi connectivity index (χ2n) is 6.78. The highest BCUT2D eigenvalue weighted by Crippen LogP contribution is 2.18. The van der Waals surface area contributed by atoms with E-state index in [4.69, 9.17) is 4.74 Å². The molecule has 0 heterocycles. The molecule has 2 aromatic carbocycles. The zero-order valence-corrected chi connectivity index (χ0v) is 18.9. The molecule has 0 bridgehead atoms. The Morgan fingerprint density at radius 3 is 2.07 bits per heavy atom. The van der Waals surface area contributed by atoms with Crippen LogP contribution in [0, 0.1) is 0 Å². The van der Waals surface area contributed by atoms with Gasteiger partial charge in [0.25, 0.3) is 0 Å². The molecular formula is C24H28O4S2. The molecule has 0 aliphatic heterocycles. The highest BCUT2D eigenvalue weighted by Gasteiger charge is 2.13. The van der Waals surface area contributed by atoms with Gasteiger partial charge in [-0.05, 0) is 54.5 Å². The van der Waals surface area contributed by atoms with E-state index >= 15 is 0 Å². The number of sulfone groups is 1. The molecule has 0 N–H and O–H groups in total. The third-order valence-corrected chi connectivity index (χ3v) is 7.10.